The van der Waals surface area contributed by atoms with Crippen molar-refractivity contribution in [1.82, 2.24) is 4.90 Å². The number of carbonyl (C=O) groups excluding carboxylic acids is 2. The Morgan fingerprint density at radius 1 is 0.897 bits per heavy atom. The van der Waals surface area contributed by atoms with Crippen LogP contribution in [-0.4, -0.2) is 49.7 Å². The molecule has 2 rings (SSSR count). The van der Waals surface area contributed by atoms with E-state index in [-0.39, 0.29) is 18.3 Å². The first-order valence-corrected chi connectivity index (χ1v) is 9.93. The highest BCUT2D eigenvalue weighted by atomic mass is 16.5. The highest BCUT2D eigenvalue weighted by Crippen LogP contribution is 2.16. The summed E-state index contributed by atoms with van der Waals surface area (Å²) in [6.07, 6.45) is 0.158. The Labute approximate surface area is 172 Å². The molecular weight excluding hydrogens is 370 g/mol. The van der Waals surface area contributed by atoms with Crippen molar-refractivity contribution in [2.45, 2.75) is 26.8 Å². The molecule has 0 spiro atoms. The van der Waals surface area contributed by atoms with E-state index in [1.165, 1.54) is 0 Å². The molecule has 0 atom stereocenters. The zero-order chi connectivity index (χ0) is 20.9. The van der Waals surface area contributed by atoms with Crippen LogP contribution in [-0.2, 0) is 20.8 Å². The van der Waals surface area contributed by atoms with E-state index in [2.05, 4.69) is 0 Å². The molecular formula is C23H29NO5. The summed E-state index contributed by atoms with van der Waals surface area (Å²) < 4.78 is 15.8. The summed E-state index contributed by atoms with van der Waals surface area (Å²) >= 11 is 0. The van der Waals surface area contributed by atoms with Crippen LogP contribution in [0.5, 0.6) is 5.75 Å². The monoisotopic (exact) mass is 399 g/mol. The molecule has 0 saturated carbocycles. The number of rotatable bonds is 12. The number of carbonyl (C=O) groups is 2. The van der Waals surface area contributed by atoms with Crippen molar-refractivity contribution in [2.24, 2.45) is 0 Å². The van der Waals surface area contributed by atoms with E-state index < -0.39 is 0 Å². The van der Waals surface area contributed by atoms with Crippen LogP contribution in [0, 0.1) is 0 Å². The van der Waals surface area contributed by atoms with Gasteiger partial charge in [0.2, 0.25) is 0 Å². The van der Waals surface area contributed by atoms with E-state index in [1.54, 1.807) is 36.1 Å². The predicted octanol–water partition coefficient (Wildman–Crippen LogP) is 3.70. The molecule has 156 valence electrons. The lowest BCUT2D eigenvalue weighted by Crippen LogP contribution is -2.32. The fourth-order valence-corrected chi connectivity index (χ4v) is 2.75. The first-order valence-electron chi connectivity index (χ1n) is 9.93. The molecule has 2 aromatic rings. The molecule has 0 aromatic heterocycles. The maximum atomic E-state index is 13.0. The predicted molar refractivity (Wildman–Crippen MR) is 111 cm³/mol. The van der Waals surface area contributed by atoms with Crippen molar-refractivity contribution in [3.8, 4) is 5.75 Å². The molecule has 6 nitrogen and oxygen atoms in total. The fraction of sp³-hybridized carbons (Fsp3) is 0.391. The molecule has 0 aliphatic carbocycles. The SMILES string of the molecule is CCOCCOc1ccc(C(=O)N(CCC(=O)OCC)Cc2ccccc2)cc1. The van der Waals surface area contributed by atoms with Crippen LogP contribution < -0.4 is 4.74 Å². The van der Waals surface area contributed by atoms with Crippen molar-refractivity contribution in [2.75, 3.05) is 33.0 Å². The van der Waals surface area contributed by atoms with E-state index in [0.717, 1.165) is 5.56 Å². The first-order chi connectivity index (χ1) is 14.1. The zero-order valence-corrected chi connectivity index (χ0v) is 17.1. The zero-order valence-electron chi connectivity index (χ0n) is 17.1. The van der Waals surface area contributed by atoms with Crippen LogP contribution in [0.4, 0.5) is 0 Å². The Balaban J connectivity index is 2.03. The molecule has 29 heavy (non-hydrogen) atoms. The quantitative estimate of drug-likeness (QED) is 0.402. The lowest BCUT2D eigenvalue weighted by Gasteiger charge is -2.23. The molecule has 0 radical (unpaired) electrons. The second-order valence-electron chi connectivity index (χ2n) is 6.34. The summed E-state index contributed by atoms with van der Waals surface area (Å²) in [5, 5.41) is 0. The third-order valence-corrected chi connectivity index (χ3v) is 4.20. The van der Waals surface area contributed by atoms with Gasteiger partial charge in [-0.3, -0.25) is 9.59 Å². The van der Waals surface area contributed by atoms with E-state index in [4.69, 9.17) is 14.2 Å². The van der Waals surface area contributed by atoms with E-state index in [1.807, 2.05) is 37.3 Å². The molecule has 0 bridgehead atoms. The molecule has 6 heteroatoms. The number of amides is 1. The summed E-state index contributed by atoms with van der Waals surface area (Å²) in [6.45, 7) is 6.38. The van der Waals surface area contributed by atoms with Gasteiger partial charge in [0, 0.05) is 25.3 Å². The van der Waals surface area contributed by atoms with Gasteiger partial charge in [-0.15, -0.1) is 0 Å². The summed E-state index contributed by atoms with van der Waals surface area (Å²) in [4.78, 5) is 26.5. The van der Waals surface area contributed by atoms with Crippen LogP contribution in [0.1, 0.15) is 36.2 Å². The molecule has 0 heterocycles. The number of hydrogen-bond donors (Lipinski definition) is 0. The summed E-state index contributed by atoms with van der Waals surface area (Å²) in [6, 6.07) is 16.7. The maximum absolute atomic E-state index is 13.0. The maximum Gasteiger partial charge on any atom is 0.307 e. The van der Waals surface area contributed by atoms with Gasteiger partial charge in [-0.05, 0) is 43.7 Å². The highest BCUT2D eigenvalue weighted by Gasteiger charge is 2.18. The van der Waals surface area contributed by atoms with Crippen LogP contribution in [0.3, 0.4) is 0 Å². The number of esters is 1. The molecule has 0 saturated heterocycles. The number of ether oxygens (including phenoxy) is 3. The molecule has 0 unspecified atom stereocenters. The summed E-state index contributed by atoms with van der Waals surface area (Å²) in [5.74, 6) is 0.234. The average molecular weight is 399 g/mol. The smallest absolute Gasteiger partial charge is 0.307 e. The largest absolute Gasteiger partial charge is 0.491 e. The Morgan fingerprint density at radius 2 is 1.62 bits per heavy atom. The van der Waals surface area contributed by atoms with Crippen molar-refractivity contribution >= 4 is 11.9 Å². The average Bonchev–Trinajstić information content (AvgIpc) is 2.75. The normalized spacial score (nSPS) is 10.4. The first kappa shape index (κ1) is 22.4. The van der Waals surface area contributed by atoms with Crippen LogP contribution in [0.25, 0.3) is 0 Å². The fourth-order valence-electron chi connectivity index (χ4n) is 2.75. The van der Waals surface area contributed by atoms with Gasteiger partial charge in [0.25, 0.3) is 5.91 Å². The molecule has 1 amide bonds. The second-order valence-corrected chi connectivity index (χ2v) is 6.34. The molecule has 0 aliphatic heterocycles. The Kier molecular flexibility index (Phi) is 9.72. The Hall–Kier alpha value is -2.86. The highest BCUT2D eigenvalue weighted by molar-refractivity contribution is 5.94. The van der Waals surface area contributed by atoms with Crippen molar-refractivity contribution in [3.63, 3.8) is 0 Å². The minimum atomic E-state index is -0.309. The van der Waals surface area contributed by atoms with E-state index >= 15 is 0 Å². The molecule has 2 aromatic carbocycles. The van der Waals surface area contributed by atoms with Gasteiger partial charge < -0.3 is 19.1 Å². The molecule has 0 N–H and O–H groups in total. The van der Waals surface area contributed by atoms with Crippen LogP contribution >= 0.6 is 0 Å². The second kappa shape index (κ2) is 12.6. The molecule has 0 fully saturated rings. The minimum absolute atomic E-state index is 0.140. The lowest BCUT2D eigenvalue weighted by atomic mass is 10.1. The minimum Gasteiger partial charge on any atom is -0.491 e. The van der Waals surface area contributed by atoms with Gasteiger partial charge in [0.15, 0.2) is 0 Å². The van der Waals surface area contributed by atoms with Gasteiger partial charge in [-0.1, -0.05) is 30.3 Å². The number of benzene rings is 2. The van der Waals surface area contributed by atoms with Crippen molar-refractivity contribution in [1.29, 1.82) is 0 Å². The standard InChI is InChI=1S/C23H29NO5/c1-3-27-16-17-29-21-12-10-20(11-13-21)23(26)24(15-14-22(25)28-4-2)18-19-8-6-5-7-9-19/h5-13H,3-4,14-18H2,1-2H3. The van der Waals surface area contributed by atoms with Gasteiger partial charge in [-0.2, -0.15) is 0 Å². The van der Waals surface area contributed by atoms with Crippen LogP contribution in [0.2, 0.25) is 0 Å². The van der Waals surface area contributed by atoms with Crippen molar-refractivity contribution < 1.29 is 23.8 Å². The van der Waals surface area contributed by atoms with Gasteiger partial charge in [0.05, 0.1) is 19.6 Å². The van der Waals surface area contributed by atoms with Crippen LogP contribution in [0.15, 0.2) is 54.6 Å². The van der Waals surface area contributed by atoms with E-state index in [9.17, 15) is 9.59 Å². The topological polar surface area (TPSA) is 65.1 Å². The summed E-state index contributed by atoms with van der Waals surface area (Å²) in [5.41, 5.74) is 1.54. The van der Waals surface area contributed by atoms with Crippen molar-refractivity contribution in [3.05, 3.63) is 65.7 Å². The van der Waals surface area contributed by atoms with Gasteiger partial charge >= 0.3 is 5.97 Å². The Morgan fingerprint density at radius 3 is 2.28 bits per heavy atom. The third-order valence-electron chi connectivity index (χ3n) is 4.20. The Bertz CT molecular complexity index is 746. The lowest BCUT2D eigenvalue weighted by molar-refractivity contribution is -0.143. The summed E-state index contributed by atoms with van der Waals surface area (Å²) in [7, 11) is 0. The van der Waals surface area contributed by atoms with Gasteiger partial charge in [0.1, 0.15) is 12.4 Å². The van der Waals surface area contributed by atoms with Gasteiger partial charge in [-0.25, -0.2) is 0 Å². The molecule has 0 aliphatic rings. The number of nitrogens with zero attached hydrogens (tertiary/aromatic N) is 1. The van der Waals surface area contributed by atoms with E-state index in [0.29, 0.717) is 50.8 Å². The number of hydrogen-bond acceptors (Lipinski definition) is 5. The third kappa shape index (κ3) is 7.95.